The molecule has 2 rings (SSSR count). The molecule has 0 spiro atoms. The minimum Gasteiger partial charge on any atom is -0.508 e. The molecule has 5 nitrogen and oxygen atoms in total. The molecule has 1 aliphatic heterocycles. The van der Waals surface area contributed by atoms with E-state index in [0.29, 0.717) is 24.4 Å². The van der Waals surface area contributed by atoms with Crippen LogP contribution in [-0.4, -0.2) is 39.9 Å². The molecule has 1 aliphatic carbocycles. The second-order valence-electron chi connectivity index (χ2n) is 8.52. The van der Waals surface area contributed by atoms with Gasteiger partial charge in [-0.2, -0.15) is 0 Å². The Hall–Kier alpha value is -1.33. The standard InChI is InChI=1S/C23H38O5/c1-3-5-7-16(4-2)8-6-9-17-10-13-22-19(17)14-18(28-22)11-12-20(25)23(27)21(26)15-24/h4,16-19,22,24-25,27H,2-3,5-15H2,1H3/t16-,17-,18?,19+,22-/m0/s1. The van der Waals surface area contributed by atoms with Gasteiger partial charge in [-0.05, 0) is 56.3 Å². The summed E-state index contributed by atoms with van der Waals surface area (Å²) in [4.78, 5) is 11.2. The van der Waals surface area contributed by atoms with Crippen LogP contribution >= 0.6 is 0 Å². The van der Waals surface area contributed by atoms with E-state index >= 15 is 0 Å². The fourth-order valence-electron chi connectivity index (χ4n) is 4.91. The number of allylic oxidation sites excluding steroid dienone is 2. The number of carbonyl (C=O) groups is 1. The minimum absolute atomic E-state index is 0.0717. The molecule has 0 aromatic heterocycles. The zero-order chi connectivity index (χ0) is 20.5. The number of Topliss-reactive ketones (excluding diaryl/α,β-unsaturated/α-hetero) is 1. The first-order valence-electron chi connectivity index (χ1n) is 11.0. The van der Waals surface area contributed by atoms with Gasteiger partial charge in [0, 0.05) is 6.42 Å². The summed E-state index contributed by atoms with van der Waals surface area (Å²) in [6, 6.07) is 0. The molecule has 0 radical (unpaired) electrons. The lowest BCUT2D eigenvalue weighted by Crippen LogP contribution is -2.14. The highest BCUT2D eigenvalue weighted by Crippen LogP contribution is 2.46. The van der Waals surface area contributed by atoms with Crippen molar-refractivity contribution in [2.75, 3.05) is 6.61 Å². The Balaban J connectivity index is 1.74. The van der Waals surface area contributed by atoms with Crippen molar-refractivity contribution in [1.29, 1.82) is 0 Å². The third-order valence-electron chi connectivity index (χ3n) is 6.60. The van der Waals surface area contributed by atoms with Gasteiger partial charge >= 0.3 is 0 Å². The van der Waals surface area contributed by atoms with E-state index in [1.807, 2.05) is 0 Å². The van der Waals surface area contributed by atoms with E-state index in [9.17, 15) is 15.0 Å². The maximum Gasteiger partial charge on any atom is 0.225 e. The topological polar surface area (TPSA) is 87.0 Å². The monoisotopic (exact) mass is 394 g/mol. The number of ether oxygens (including phenoxy) is 1. The van der Waals surface area contributed by atoms with Gasteiger partial charge in [-0.1, -0.05) is 38.7 Å². The van der Waals surface area contributed by atoms with Crippen molar-refractivity contribution in [2.45, 2.75) is 89.8 Å². The predicted octanol–water partition coefficient (Wildman–Crippen LogP) is 5.00. The van der Waals surface area contributed by atoms with E-state index in [2.05, 4.69) is 19.6 Å². The largest absolute Gasteiger partial charge is 0.508 e. The van der Waals surface area contributed by atoms with Gasteiger partial charge in [0.25, 0.3) is 0 Å². The lowest BCUT2D eigenvalue weighted by molar-refractivity contribution is -0.120. The van der Waals surface area contributed by atoms with E-state index in [-0.39, 0.29) is 18.3 Å². The van der Waals surface area contributed by atoms with Gasteiger partial charge in [-0.15, -0.1) is 6.58 Å². The van der Waals surface area contributed by atoms with Crippen LogP contribution in [0.4, 0.5) is 0 Å². The molecule has 0 amide bonds. The van der Waals surface area contributed by atoms with Crippen LogP contribution in [0.15, 0.2) is 24.2 Å². The molecule has 2 aliphatic rings. The highest BCUT2D eigenvalue weighted by atomic mass is 16.5. The number of aliphatic hydroxyl groups excluding tert-OH is 3. The third kappa shape index (κ3) is 6.35. The Labute approximate surface area is 169 Å². The van der Waals surface area contributed by atoms with Gasteiger partial charge in [0.05, 0.1) is 12.2 Å². The van der Waals surface area contributed by atoms with Crippen LogP contribution in [0.2, 0.25) is 0 Å². The van der Waals surface area contributed by atoms with Crippen LogP contribution in [0, 0.1) is 17.8 Å². The molecular weight excluding hydrogens is 356 g/mol. The average molecular weight is 395 g/mol. The third-order valence-corrected chi connectivity index (χ3v) is 6.60. The number of hydrogen-bond acceptors (Lipinski definition) is 5. The zero-order valence-corrected chi connectivity index (χ0v) is 17.3. The Morgan fingerprint density at radius 3 is 2.64 bits per heavy atom. The molecular formula is C23H38O5. The smallest absolute Gasteiger partial charge is 0.225 e. The van der Waals surface area contributed by atoms with Crippen LogP contribution < -0.4 is 0 Å². The molecule has 1 saturated heterocycles. The maximum absolute atomic E-state index is 11.2. The average Bonchev–Trinajstić information content (AvgIpc) is 3.28. The van der Waals surface area contributed by atoms with Crippen molar-refractivity contribution < 1.29 is 24.9 Å². The van der Waals surface area contributed by atoms with E-state index in [1.165, 1.54) is 44.9 Å². The molecule has 160 valence electrons. The fraction of sp³-hybridized carbons (Fsp3) is 0.783. The van der Waals surface area contributed by atoms with Crippen LogP contribution in [0.5, 0.6) is 0 Å². The first-order valence-corrected chi connectivity index (χ1v) is 11.0. The molecule has 5 heteroatoms. The molecule has 1 heterocycles. The number of unbranched alkanes of at least 4 members (excludes halogenated alkanes) is 1. The number of carbonyl (C=O) groups excluding carboxylic acids is 1. The van der Waals surface area contributed by atoms with E-state index in [0.717, 1.165) is 18.8 Å². The first-order chi connectivity index (χ1) is 13.5. The normalized spacial score (nSPS) is 28.6. The van der Waals surface area contributed by atoms with Crippen molar-refractivity contribution in [3.8, 4) is 0 Å². The summed E-state index contributed by atoms with van der Waals surface area (Å²) in [7, 11) is 0. The summed E-state index contributed by atoms with van der Waals surface area (Å²) < 4.78 is 6.17. The molecule has 0 aromatic carbocycles. The van der Waals surface area contributed by atoms with Crippen molar-refractivity contribution in [3.63, 3.8) is 0 Å². The lowest BCUT2D eigenvalue weighted by Gasteiger charge is -2.19. The van der Waals surface area contributed by atoms with Crippen molar-refractivity contribution in [1.82, 2.24) is 0 Å². The molecule has 0 bridgehead atoms. The molecule has 1 saturated carbocycles. The predicted molar refractivity (Wildman–Crippen MR) is 110 cm³/mol. The number of rotatable bonds is 13. The number of fused-ring (bicyclic) bond motifs is 1. The van der Waals surface area contributed by atoms with Gasteiger partial charge < -0.3 is 20.1 Å². The van der Waals surface area contributed by atoms with Gasteiger partial charge in [-0.3, -0.25) is 4.79 Å². The summed E-state index contributed by atoms with van der Waals surface area (Å²) in [5, 5.41) is 28.1. The molecule has 0 aromatic rings. The summed E-state index contributed by atoms with van der Waals surface area (Å²) in [6.45, 7) is 5.43. The second-order valence-corrected chi connectivity index (χ2v) is 8.52. The van der Waals surface area contributed by atoms with Crippen molar-refractivity contribution in [3.05, 3.63) is 24.2 Å². The summed E-state index contributed by atoms with van der Waals surface area (Å²) in [6.07, 6.45) is 14.2. The number of aliphatic hydroxyl groups is 3. The Kier molecular flexibility index (Phi) is 9.52. The Morgan fingerprint density at radius 2 is 1.96 bits per heavy atom. The van der Waals surface area contributed by atoms with Gasteiger partial charge in [0.15, 0.2) is 5.76 Å². The van der Waals surface area contributed by atoms with Crippen LogP contribution in [0.3, 0.4) is 0 Å². The Morgan fingerprint density at radius 1 is 1.21 bits per heavy atom. The van der Waals surface area contributed by atoms with Gasteiger partial charge in [0.1, 0.15) is 12.4 Å². The number of hydrogen-bond donors (Lipinski definition) is 3. The summed E-state index contributed by atoms with van der Waals surface area (Å²) in [5.41, 5.74) is 0. The van der Waals surface area contributed by atoms with Gasteiger partial charge in [0.2, 0.25) is 5.78 Å². The van der Waals surface area contributed by atoms with E-state index < -0.39 is 18.1 Å². The fourth-order valence-corrected chi connectivity index (χ4v) is 4.91. The minimum atomic E-state index is -0.849. The lowest BCUT2D eigenvalue weighted by atomic mass is 9.85. The number of ketones is 1. The van der Waals surface area contributed by atoms with E-state index in [1.54, 1.807) is 0 Å². The zero-order valence-electron chi connectivity index (χ0n) is 17.3. The molecule has 5 atom stereocenters. The quantitative estimate of drug-likeness (QED) is 0.232. The Bertz CT molecular complexity index is 541. The summed E-state index contributed by atoms with van der Waals surface area (Å²) in [5.74, 6) is 0.0475. The van der Waals surface area contributed by atoms with Crippen LogP contribution in [0.25, 0.3) is 0 Å². The van der Waals surface area contributed by atoms with E-state index in [4.69, 9.17) is 9.84 Å². The van der Waals surface area contributed by atoms with Crippen LogP contribution in [0.1, 0.15) is 77.6 Å². The van der Waals surface area contributed by atoms with Crippen molar-refractivity contribution in [2.24, 2.45) is 17.8 Å². The first kappa shape index (κ1) is 23.0. The SMILES string of the molecule is C=C[C@@H](CCCC)CCC[C@H]1CC[C@@H]2OC(CCC(O)=C(O)C(=O)CO)C[C@H]12. The highest BCUT2D eigenvalue weighted by molar-refractivity contribution is 5.94. The van der Waals surface area contributed by atoms with Crippen LogP contribution in [-0.2, 0) is 9.53 Å². The second kappa shape index (κ2) is 11.6. The molecule has 2 fully saturated rings. The molecule has 3 N–H and O–H groups in total. The van der Waals surface area contributed by atoms with Crippen molar-refractivity contribution >= 4 is 5.78 Å². The van der Waals surface area contributed by atoms with Gasteiger partial charge in [-0.25, -0.2) is 0 Å². The summed E-state index contributed by atoms with van der Waals surface area (Å²) >= 11 is 0. The molecule has 28 heavy (non-hydrogen) atoms. The maximum atomic E-state index is 11.2. The highest BCUT2D eigenvalue weighted by Gasteiger charge is 2.43. The molecule has 1 unspecified atom stereocenters.